The maximum absolute atomic E-state index is 12.7. The van der Waals surface area contributed by atoms with Crippen molar-refractivity contribution in [3.05, 3.63) is 34.0 Å². The molecule has 1 aromatic carbocycles. The minimum atomic E-state index is -1.32. The highest BCUT2D eigenvalue weighted by atomic mass is 16.5. The lowest BCUT2D eigenvalue weighted by Crippen LogP contribution is -2.36. The van der Waals surface area contributed by atoms with Crippen molar-refractivity contribution in [1.82, 2.24) is 5.32 Å². The van der Waals surface area contributed by atoms with Crippen LogP contribution in [0.15, 0.2) is 11.8 Å². The highest BCUT2D eigenvalue weighted by molar-refractivity contribution is 6.26. The van der Waals surface area contributed by atoms with Crippen LogP contribution in [0.2, 0.25) is 0 Å². The third-order valence-corrected chi connectivity index (χ3v) is 4.73. The molecule has 0 radical (unpaired) electrons. The molecule has 8 heteroatoms. The van der Waals surface area contributed by atoms with Crippen molar-refractivity contribution in [3.63, 3.8) is 0 Å². The predicted octanol–water partition coefficient (Wildman–Crippen LogP) is 0.327. The Morgan fingerprint density at radius 2 is 1.96 bits per heavy atom. The maximum Gasteiger partial charge on any atom is 0.213 e. The van der Waals surface area contributed by atoms with Crippen LogP contribution < -0.4 is 5.32 Å². The molecule has 26 heavy (non-hydrogen) atoms. The van der Waals surface area contributed by atoms with Gasteiger partial charge in [0.15, 0.2) is 5.78 Å². The number of ether oxygens (including phenoxy) is 1. The van der Waals surface area contributed by atoms with Crippen molar-refractivity contribution in [1.29, 1.82) is 0 Å². The smallest absolute Gasteiger partial charge is 0.213 e. The number of aliphatic hydroxyl groups excluding tert-OH is 1. The summed E-state index contributed by atoms with van der Waals surface area (Å²) in [7, 11) is 1.49. The van der Waals surface area contributed by atoms with E-state index in [-0.39, 0.29) is 47.3 Å². The number of ketones is 2. The van der Waals surface area contributed by atoms with Gasteiger partial charge >= 0.3 is 0 Å². The fourth-order valence-corrected chi connectivity index (χ4v) is 3.59. The number of carbonyl (C=O) groups is 2. The minimum absolute atomic E-state index is 0.0156. The molecule has 0 unspecified atom stereocenters. The third kappa shape index (κ3) is 2.86. The molecular formula is C18H21NO7. The molecule has 0 bridgehead atoms. The molecule has 0 saturated heterocycles. The number of allylic oxidation sites excluding steroid dienone is 2. The van der Waals surface area contributed by atoms with Crippen LogP contribution in [-0.2, 0) is 11.2 Å². The van der Waals surface area contributed by atoms with Crippen LogP contribution in [-0.4, -0.2) is 57.9 Å². The van der Waals surface area contributed by atoms with E-state index in [4.69, 9.17) is 4.74 Å². The largest absolute Gasteiger partial charge is 0.507 e. The molecular weight excluding hydrogens is 342 g/mol. The predicted molar refractivity (Wildman–Crippen MR) is 90.3 cm³/mol. The van der Waals surface area contributed by atoms with Crippen molar-refractivity contribution in [2.45, 2.75) is 31.5 Å². The normalized spacial score (nSPS) is 24.8. The van der Waals surface area contributed by atoms with Gasteiger partial charge in [-0.05, 0) is 6.92 Å². The van der Waals surface area contributed by atoms with Crippen LogP contribution in [0.25, 0.3) is 0 Å². The molecule has 5 N–H and O–H groups in total. The number of hydrogen-bond donors (Lipinski definition) is 5. The second-order valence-corrected chi connectivity index (χ2v) is 6.90. The first-order valence-electron chi connectivity index (χ1n) is 8.22. The number of aliphatic hydroxyl groups is 2. The van der Waals surface area contributed by atoms with Crippen molar-refractivity contribution < 1.29 is 34.8 Å². The monoisotopic (exact) mass is 363 g/mol. The summed E-state index contributed by atoms with van der Waals surface area (Å²) in [6.07, 6.45) is -0.341. The van der Waals surface area contributed by atoms with Gasteiger partial charge in [-0.1, -0.05) is 0 Å². The summed E-state index contributed by atoms with van der Waals surface area (Å²) in [6, 6.07) is 0. The molecule has 8 nitrogen and oxygen atoms in total. The fraction of sp³-hybridized carbons (Fsp3) is 0.444. The molecule has 0 heterocycles. The van der Waals surface area contributed by atoms with Gasteiger partial charge in [0, 0.05) is 43.7 Å². The fourth-order valence-electron chi connectivity index (χ4n) is 3.59. The van der Waals surface area contributed by atoms with Gasteiger partial charge in [-0.25, -0.2) is 0 Å². The first-order chi connectivity index (χ1) is 12.2. The summed E-state index contributed by atoms with van der Waals surface area (Å²) in [6.45, 7) is 2.07. The van der Waals surface area contributed by atoms with E-state index in [9.17, 15) is 30.0 Å². The summed E-state index contributed by atoms with van der Waals surface area (Å²) >= 11 is 0. The Morgan fingerprint density at radius 1 is 1.27 bits per heavy atom. The number of fused-ring (bicyclic) bond motifs is 2. The number of rotatable bonds is 4. The van der Waals surface area contributed by atoms with Gasteiger partial charge in [-0.15, -0.1) is 0 Å². The first kappa shape index (κ1) is 18.4. The molecule has 1 aromatic rings. The Labute approximate surface area is 149 Å². The van der Waals surface area contributed by atoms with Crippen LogP contribution in [0.3, 0.4) is 0 Å². The van der Waals surface area contributed by atoms with Crippen LogP contribution >= 0.6 is 0 Å². The van der Waals surface area contributed by atoms with Gasteiger partial charge in [-0.2, -0.15) is 0 Å². The van der Waals surface area contributed by atoms with Crippen LogP contribution in [0.4, 0.5) is 0 Å². The Balaban J connectivity index is 2.14. The van der Waals surface area contributed by atoms with Gasteiger partial charge < -0.3 is 30.5 Å². The minimum Gasteiger partial charge on any atom is -0.507 e. The summed E-state index contributed by atoms with van der Waals surface area (Å²) < 4.78 is 4.89. The summed E-state index contributed by atoms with van der Waals surface area (Å²) in [5.74, 6) is -2.32. The lowest BCUT2D eigenvalue weighted by atomic mass is 9.75. The molecule has 2 aliphatic carbocycles. The van der Waals surface area contributed by atoms with Gasteiger partial charge in [-0.3, -0.25) is 9.59 Å². The van der Waals surface area contributed by atoms with E-state index in [0.29, 0.717) is 6.61 Å². The summed E-state index contributed by atoms with van der Waals surface area (Å²) in [5.41, 5.74) is -1.93. The van der Waals surface area contributed by atoms with E-state index >= 15 is 0 Å². The number of nitrogens with one attached hydrogen (secondary N) is 1. The number of aromatic hydroxyl groups is 2. The lowest BCUT2D eigenvalue weighted by molar-refractivity contribution is -0.00904. The van der Waals surface area contributed by atoms with E-state index in [1.807, 2.05) is 0 Å². The lowest BCUT2D eigenvalue weighted by Gasteiger charge is -2.35. The van der Waals surface area contributed by atoms with E-state index < -0.39 is 34.8 Å². The number of phenols is 2. The molecule has 140 valence electrons. The van der Waals surface area contributed by atoms with Crippen molar-refractivity contribution >= 4 is 11.6 Å². The third-order valence-electron chi connectivity index (χ3n) is 4.73. The Kier molecular flexibility index (Phi) is 4.51. The Hall–Kier alpha value is -2.42. The molecule has 0 aliphatic heterocycles. The number of benzene rings is 1. The maximum atomic E-state index is 12.7. The number of carbonyl (C=O) groups excluding carboxylic acids is 2. The van der Waals surface area contributed by atoms with Crippen LogP contribution in [0, 0.1) is 0 Å². The average molecular weight is 363 g/mol. The van der Waals surface area contributed by atoms with E-state index in [1.165, 1.54) is 14.0 Å². The molecule has 0 fully saturated rings. The first-order valence-corrected chi connectivity index (χ1v) is 8.22. The molecule has 0 saturated carbocycles. The zero-order chi connectivity index (χ0) is 19.2. The number of hydrogen-bond acceptors (Lipinski definition) is 8. The van der Waals surface area contributed by atoms with Gasteiger partial charge in [0.2, 0.25) is 5.78 Å². The molecule has 2 aliphatic rings. The Morgan fingerprint density at radius 3 is 2.62 bits per heavy atom. The molecule has 2 atom stereocenters. The summed E-state index contributed by atoms with van der Waals surface area (Å²) in [4.78, 5) is 25.2. The van der Waals surface area contributed by atoms with E-state index in [1.54, 1.807) is 0 Å². The molecule has 3 rings (SSSR count). The standard InChI is InChI=1S/C18H21NO7/c1-18(25)6-8-12(11(21)7-18)17(24)13-10(20)5-9(19-3-4-26-2)16(23)14(13)15(8)22/h5,11,19,21-22,24-25H,3-4,6-7H2,1-2H3/t11-,18-/m0/s1. The summed E-state index contributed by atoms with van der Waals surface area (Å²) in [5, 5.41) is 44.5. The second kappa shape index (κ2) is 6.39. The van der Waals surface area contributed by atoms with Gasteiger partial charge in [0.1, 0.15) is 11.5 Å². The van der Waals surface area contributed by atoms with Crippen molar-refractivity contribution in [2.75, 3.05) is 20.3 Å². The highest BCUT2D eigenvalue weighted by Crippen LogP contribution is 2.49. The van der Waals surface area contributed by atoms with E-state index in [0.717, 1.165) is 6.08 Å². The quantitative estimate of drug-likeness (QED) is 0.381. The number of Topliss-reactive ketones (excluding diaryl/α,β-unsaturated/α-hetero) is 1. The number of phenolic OH excluding ortho intramolecular Hbond substituents is 2. The zero-order valence-corrected chi connectivity index (χ0v) is 14.5. The van der Waals surface area contributed by atoms with Crippen LogP contribution in [0.1, 0.15) is 51.3 Å². The molecule has 0 aromatic heterocycles. The van der Waals surface area contributed by atoms with Crippen LogP contribution in [0.5, 0.6) is 11.5 Å². The van der Waals surface area contributed by atoms with Crippen molar-refractivity contribution in [2.24, 2.45) is 0 Å². The Bertz CT molecular complexity index is 826. The van der Waals surface area contributed by atoms with E-state index in [2.05, 4.69) is 5.32 Å². The van der Waals surface area contributed by atoms with Crippen molar-refractivity contribution in [3.8, 4) is 11.5 Å². The zero-order valence-electron chi connectivity index (χ0n) is 14.5. The molecule has 0 spiro atoms. The average Bonchev–Trinajstić information content (AvgIpc) is 2.54. The second-order valence-electron chi connectivity index (χ2n) is 6.90. The highest BCUT2D eigenvalue weighted by Gasteiger charge is 2.42. The van der Waals surface area contributed by atoms with Gasteiger partial charge in [0.05, 0.1) is 35.1 Å². The number of methoxy groups -OCH3 is 1. The van der Waals surface area contributed by atoms with Gasteiger partial charge in [0.25, 0.3) is 0 Å². The molecule has 0 amide bonds. The topological polar surface area (TPSA) is 136 Å². The SMILES string of the molecule is COCCNC1=CC(=O)c2c(O)c3c(c(O)c2C1=O)C[C@](C)(O)C[C@@H]3O.